The number of ether oxygens (including phenoxy) is 2. The van der Waals surface area contributed by atoms with E-state index >= 15 is 0 Å². The van der Waals surface area contributed by atoms with Crippen molar-refractivity contribution in [1.29, 1.82) is 0 Å². The summed E-state index contributed by atoms with van der Waals surface area (Å²) < 4.78 is 27.1. The van der Waals surface area contributed by atoms with Gasteiger partial charge < -0.3 is 14.0 Å². The number of fused-ring (bicyclic) bond motifs is 1. The summed E-state index contributed by atoms with van der Waals surface area (Å²) in [5, 5.41) is 0.245. The molecule has 0 saturated carbocycles. The average molecular weight is 390 g/mol. The minimum Gasteiger partial charge on any atom is -0.459 e. The zero-order chi connectivity index (χ0) is 19.0. The monoisotopic (exact) mass is 389 g/mol. The SMILES string of the molecule is Cc1ccc(C(=O)OC[C@@H]2CC[C@H](n3cc(F)c4c(Cl)ncnc43)O2)cc1. The fourth-order valence-electron chi connectivity index (χ4n) is 3.18. The summed E-state index contributed by atoms with van der Waals surface area (Å²) in [5.41, 5.74) is 1.96. The molecule has 1 saturated heterocycles. The normalized spacial score (nSPS) is 19.5. The summed E-state index contributed by atoms with van der Waals surface area (Å²) in [4.78, 5) is 20.0. The van der Waals surface area contributed by atoms with Gasteiger partial charge in [-0.2, -0.15) is 0 Å². The van der Waals surface area contributed by atoms with Crippen LogP contribution in [0.3, 0.4) is 0 Å². The number of hydrogen-bond acceptors (Lipinski definition) is 5. The Labute approximate surface area is 159 Å². The Morgan fingerprint density at radius 3 is 2.89 bits per heavy atom. The second kappa shape index (κ2) is 7.25. The first kappa shape index (κ1) is 17.9. The van der Waals surface area contributed by atoms with E-state index in [0.29, 0.717) is 24.1 Å². The zero-order valence-electron chi connectivity index (χ0n) is 14.6. The topological polar surface area (TPSA) is 66.2 Å². The van der Waals surface area contributed by atoms with Crippen LogP contribution in [0.15, 0.2) is 36.8 Å². The predicted molar refractivity (Wildman–Crippen MR) is 97.1 cm³/mol. The number of hydrogen-bond donors (Lipinski definition) is 0. The highest BCUT2D eigenvalue weighted by Crippen LogP contribution is 2.33. The number of rotatable bonds is 4. The molecular weight excluding hydrogens is 373 g/mol. The molecule has 0 radical (unpaired) electrons. The maximum absolute atomic E-state index is 14.2. The summed E-state index contributed by atoms with van der Waals surface area (Å²) in [7, 11) is 0. The summed E-state index contributed by atoms with van der Waals surface area (Å²) >= 11 is 5.96. The summed E-state index contributed by atoms with van der Waals surface area (Å²) in [6, 6.07) is 7.18. The Morgan fingerprint density at radius 2 is 2.11 bits per heavy atom. The van der Waals surface area contributed by atoms with E-state index in [9.17, 15) is 9.18 Å². The van der Waals surface area contributed by atoms with Gasteiger partial charge in [0.1, 0.15) is 30.0 Å². The molecule has 1 aromatic carbocycles. The van der Waals surface area contributed by atoms with E-state index in [4.69, 9.17) is 21.1 Å². The maximum atomic E-state index is 14.2. The third kappa shape index (κ3) is 3.52. The van der Waals surface area contributed by atoms with Crippen LogP contribution in [-0.4, -0.2) is 33.2 Å². The van der Waals surface area contributed by atoms with Crippen molar-refractivity contribution in [1.82, 2.24) is 14.5 Å². The Bertz CT molecular complexity index is 990. The number of carbonyl (C=O) groups is 1. The zero-order valence-corrected chi connectivity index (χ0v) is 15.3. The van der Waals surface area contributed by atoms with Gasteiger partial charge in [-0.05, 0) is 31.9 Å². The van der Waals surface area contributed by atoms with E-state index in [0.717, 1.165) is 5.56 Å². The van der Waals surface area contributed by atoms with E-state index in [1.807, 2.05) is 19.1 Å². The van der Waals surface area contributed by atoms with Crippen LogP contribution in [0.2, 0.25) is 5.15 Å². The number of benzene rings is 1. The molecule has 1 fully saturated rings. The van der Waals surface area contributed by atoms with Crippen LogP contribution >= 0.6 is 11.6 Å². The molecule has 1 aliphatic rings. The highest BCUT2D eigenvalue weighted by atomic mass is 35.5. The molecule has 0 aliphatic carbocycles. The summed E-state index contributed by atoms with van der Waals surface area (Å²) in [6.07, 6.45) is 3.28. The number of aryl methyl sites for hydroxylation is 1. The van der Waals surface area contributed by atoms with Gasteiger partial charge in [0.25, 0.3) is 0 Å². The number of halogens is 2. The van der Waals surface area contributed by atoms with Crippen molar-refractivity contribution < 1.29 is 18.7 Å². The Hall–Kier alpha value is -2.51. The van der Waals surface area contributed by atoms with Crippen molar-refractivity contribution in [3.8, 4) is 0 Å². The van der Waals surface area contributed by atoms with Crippen LogP contribution in [0.1, 0.15) is 35.0 Å². The van der Waals surface area contributed by atoms with Gasteiger partial charge in [-0.1, -0.05) is 29.3 Å². The summed E-state index contributed by atoms with van der Waals surface area (Å²) in [5.74, 6) is -0.882. The quantitative estimate of drug-likeness (QED) is 0.497. The molecule has 3 aromatic rings. The number of carbonyl (C=O) groups excluding carboxylic acids is 1. The number of nitrogens with zero attached hydrogens (tertiary/aromatic N) is 3. The third-order valence-corrected chi connectivity index (χ3v) is 4.89. The van der Waals surface area contributed by atoms with Crippen molar-refractivity contribution in [3.63, 3.8) is 0 Å². The van der Waals surface area contributed by atoms with Crippen molar-refractivity contribution in [2.24, 2.45) is 0 Å². The molecule has 2 aromatic heterocycles. The van der Waals surface area contributed by atoms with Crippen molar-refractivity contribution in [2.75, 3.05) is 6.61 Å². The molecule has 8 heteroatoms. The molecular formula is C19H17ClFN3O3. The van der Waals surface area contributed by atoms with Crippen molar-refractivity contribution >= 4 is 28.6 Å². The number of aromatic nitrogens is 3. The van der Waals surface area contributed by atoms with Gasteiger partial charge in [0, 0.05) is 6.20 Å². The molecule has 0 spiro atoms. The smallest absolute Gasteiger partial charge is 0.338 e. The van der Waals surface area contributed by atoms with Crippen LogP contribution in [-0.2, 0) is 9.47 Å². The van der Waals surface area contributed by atoms with Crippen LogP contribution < -0.4 is 0 Å². The first-order valence-electron chi connectivity index (χ1n) is 8.58. The molecule has 3 heterocycles. The first-order valence-corrected chi connectivity index (χ1v) is 8.96. The Kier molecular flexibility index (Phi) is 4.80. The lowest BCUT2D eigenvalue weighted by Gasteiger charge is -2.16. The van der Waals surface area contributed by atoms with E-state index < -0.39 is 12.0 Å². The molecule has 140 valence electrons. The second-order valence-corrected chi connectivity index (χ2v) is 6.86. The maximum Gasteiger partial charge on any atom is 0.338 e. The number of esters is 1. The molecule has 4 rings (SSSR count). The van der Waals surface area contributed by atoms with Crippen molar-refractivity contribution in [2.45, 2.75) is 32.1 Å². The van der Waals surface area contributed by atoms with Gasteiger partial charge >= 0.3 is 5.97 Å². The van der Waals surface area contributed by atoms with Crippen LogP contribution in [0, 0.1) is 12.7 Å². The van der Waals surface area contributed by atoms with E-state index in [2.05, 4.69) is 9.97 Å². The highest BCUT2D eigenvalue weighted by Gasteiger charge is 2.30. The predicted octanol–water partition coefficient (Wildman–Crippen LogP) is 4.07. The molecule has 27 heavy (non-hydrogen) atoms. The standard InChI is InChI=1S/C19H17ClFN3O3/c1-11-2-4-12(5-3-11)19(25)26-9-13-6-7-15(27-13)24-8-14(21)16-17(20)22-10-23-18(16)24/h2-5,8,10,13,15H,6-7,9H2,1H3/t13-,15+/m0/s1. The molecule has 0 unspecified atom stereocenters. The van der Waals surface area contributed by atoms with Crippen LogP contribution in [0.4, 0.5) is 4.39 Å². The van der Waals surface area contributed by atoms with Gasteiger partial charge in [-0.15, -0.1) is 0 Å². The molecule has 0 amide bonds. The third-order valence-electron chi connectivity index (χ3n) is 4.60. The van der Waals surface area contributed by atoms with Crippen LogP contribution in [0.5, 0.6) is 0 Å². The average Bonchev–Trinajstić information content (AvgIpc) is 3.25. The van der Waals surface area contributed by atoms with Gasteiger partial charge in [-0.3, -0.25) is 0 Å². The minimum absolute atomic E-state index is 0.0674. The van der Waals surface area contributed by atoms with Gasteiger partial charge in [0.05, 0.1) is 17.1 Å². The van der Waals surface area contributed by atoms with Crippen molar-refractivity contribution in [3.05, 3.63) is 58.9 Å². The Morgan fingerprint density at radius 1 is 1.33 bits per heavy atom. The fraction of sp³-hybridized carbons (Fsp3) is 0.316. The largest absolute Gasteiger partial charge is 0.459 e. The first-order chi connectivity index (χ1) is 13.0. The minimum atomic E-state index is -0.492. The van der Waals surface area contributed by atoms with Gasteiger partial charge in [-0.25, -0.2) is 19.2 Å². The molecule has 2 atom stereocenters. The van der Waals surface area contributed by atoms with Gasteiger partial charge in [0.2, 0.25) is 0 Å². The Balaban J connectivity index is 1.41. The van der Waals surface area contributed by atoms with E-state index in [1.165, 1.54) is 12.5 Å². The fourth-order valence-corrected chi connectivity index (χ4v) is 3.40. The molecule has 1 aliphatic heterocycles. The van der Waals surface area contributed by atoms with Crippen LogP contribution in [0.25, 0.3) is 11.0 Å². The van der Waals surface area contributed by atoms with E-state index in [1.54, 1.807) is 16.7 Å². The lowest BCUT2D eigenvalue weighted by molar-refractivity contribution is -0.0308. The molecule has 0 N–H and O–H groups in total. The van der Waals surface area contributed by atoms with Gasteiger partial charge in [0.15, 0.2) is 5.82 Å². The highest BCUT2D eigenvalue weighted by molar-refractivity contribution is 6.34. The lowest BCUT2D eigenvalue weighted by atomic mass is 10.1. The summed E-state index contributed by atoms with van der Waals surface area (Å²) in [6.45, 7) is 2.09. The molecule has 6 nitrogen and oxygen atoms in total. The van der Waals surface area contributed by atoms with E-state index in [-0.39, 0.29) is 29.2 Å². The molecule has 0 bridgehead atoms. The lowest BCUT2D eigenvalue weighted by Crippen LogP contribution is -2.19. The second-order valence-electron chi connectivity index (χ2n) is 6.50.